The van der Waals surface area contributed by atoms with E-state index in [0.717, 1.165) is 25.7 Å². The summed E-state index contributed by atoms with van der Waals surface area (Å²) in [5.74, 6) is -0.0445. The van der Waals surface area contributed by atoms with Gasteiger partial charge < -0.3 is 5.73 Å². The summed E-state index contributed by atoms with van der Waals surface area (Å²) in [4.78, 5) is 26.9. The average molecular weight is 591 g/mol. The maximum atomic E-state index is 12.7. The number of rotatable bonds is 33. The molecule has 0 aliphatic heterocycles. The molecule has 248 valence electrons. The number of nitrogens with two attached hydrogens (primary N) is 1. The van der Waals surface area contributed by atoms with E-state index in [2.05, 4.69) is 26.0 Å². The SMILES string of the molecule is CCCCCCCCC=CCCCCCCCC(=O)N(CCN)C(=O)CCCCCCCCCCCCCCCCC. The fourth-order valence-electron chi connectivity index (χ4n) is 5.78. The maximum absolute atomic E-state index is 12.7. The van der Waals surface area contributed by atoms with Crippen LogP contribution in [0.4, 0.5) is 0 Å². The molecule has 4 nitrogen and oxygen atoms in total. The maximum Gasteiger partial charge on any atom is 0.229 e. The van der Waals surface area contributed by atoms with Crippen molar-refractivity contribution in [1.82, 2.24) is 4.90 Å². The minimum Gasteiger partial charge on any atom is -0.329 e. The van der Waals surface area contributed by atoms with E-state index in [9.17, 15) is 9.59 Å². The molecule has 0 aliphatic rings. The van der Waals surface area contributed by atoms with Gasteiger partial charge in [0.25, 0.3) is 0 Å². The fraction of sp³-hybridized carbons (Fsp3) is 0.895. The Morgan fingerprint density at radius 2 is 0.738 bits per heavy atom. The van der Waals surface area contributed by atoms with Crippen LogP contribution in [-0.2, 0) is 9.59 Å². The third kappa shape index (κ3) is 28.9. The van der Waals surface area contributed by atoms with Gasteiger partial charge in [-0.25, -0.2) is 0 Å². The van der Waals surface area contributed by atoms with Crippen LogP contribution in [0, 0.1) is 0 Å². The zero-order valence-corrected chi connectivity index (χ0v) is 28.6. The van der Waals surface area contributed by atoms with Gasteiger partial charge in [-0.15, -0.1) is 0 Å². The molecule has 4 heteroatoms. The van der Waals surface area contributed by atoms with Crippen LogP contribution in [-0.4, -0.2) is 29.8 Å². The molecular formula is C38H74N2O2. The molecule has 0 bridgehead atoms. The van der Waals surface area contributed by atoms with Crippen molar-refractivity contribution in [3.63, 3.8) is 0 Å². The van der Waals surface area contributed by atoms with Crippen molar-refractivity contribution < 1.29 is 9.59 Å². The second kappa shape index (κ2) is 34.3. The van der Waals surface area contributed by atoms with Crippen molar-refractivity contribution in [3.8, 4) is 0 Å². The van der Waals surface area contributed by atoms with Crippen molar-refractivity contribution in [1.29, 1.82) is 0 Å². The van der Waals surface area contributed by atoms with E-state index in [1.165, 1.54) is 159 Å². The summed E-state index contributed by atoms with van der Waals surface area (Å²) < 4.78 is 0. The van der Waals surface area contributed by atoms with Gasteiger partial charge in [-0.1, -0.05) is 167 Å². The lowest BCUT2D eigenvalue weighted by molar-refractivity contribution is -0.144. The highest BCUT2D eigenvalue weighted by Crippen LogP contribution is 2.15. The fourth-order valence-corrected chi connectivity index (χ4v) is 5.78. The molecule has 0 saturated carbocycles. The lowest BCUT2D eigenvalue weighted by Gasteiger charge is -2.20. The Hall–Kier alpha value is -1.16. The molecule has 0 radical (unpaired) electrons. The number of hydrogen-bond acceptors (Lipinski definition) is 3. The Bertz CT molecular complexity index is 604. The highest BCUT2D eigenvalue weighted by atomic mass is 16.2. The predicted octanol–water partition coefficient (Wildman–Crippen LogP) is 11.6. The average Bonchev–Trinajstić information content (AvgIpc) is 2.99. The number of carbonyl (C=O) groups is 2. The van der Waals surface area contributed by atoms with E-state index < -0.39 is 0 Å². The third-order valence-corrected chi connectivity index (χ3v) is 8.60. The van der Waals surface area contributed by atoms with Crippen LogP contribution in [0.2, 0.25) is 0 Å². The van der Waals surface area contributed by atoms with E-state index in [-0.39, 0.29) is 11.8 Å². The highest BCUT2D eigenvalue weighted by molar-refractivity contribution is 5.95. The second-order valence-corrected chi connectivity index (χ2v) is 12.8. The van der Waals surface area contributed by atoms with Gasteiger partial charge in [-0.3, -0.25) is 14.5 Å². The van der Waals surface area contributed by atoms with Gasteiger partial charge in [0.2, 0.25) is 11.8 Å². The summed E-state index contributed by atoms with van der Waals surface area (Å²) in [6, 6.07) is 0. The molecule has 0 aliphatic carbocycles. The highest BCUT2D eigenvalue weighted by Gasteiger charge is 2.19. The largest absolute Gasteiger partial charge is 0.329 e. The van der Waals surface area contributed by atoms with E-state index in [1.807, 2.05) is 0 Å². The van der Waals surface area contributed by atoms with E-state index in [0.29, 0.717) is 25.9 Å². The molecule has 0 fully saturated rings. The molecule has 0 spiro atoms. The topological polar surface area (TPSA) is 63.4 Å². The molecule has 2 amide bonds. The molecular weight excluding hydrogens is 516 g/mol. The van der Waals surface area contributed by atoms with Crippen LogP contribution in [0.15, 0.2) is 12.2 Å². The number of unbranched alkanes of at least 4 members (excludes halogenated alkanes) is 25. The summed E-state index contributed by atoms with van der Waals surface area (Å²) in [6.07, 6.45) is 41.5. The molecule has 0 saturated heterocycles. The van der Waals surface area contributed by atoms with Crippen molar-refractivity contribution >= 4 is 11.8 Å². The van der Waals surface area contributed by atoms with E-state index in [1.54, 1.807) is 0 Å². The number of hydrogen-bond donors (Lipinski definition) is 1. The lowest BCUT2D eigenvalue weighted by Crippen LogP contribution is -2.40. The molecule has 0 aromatic rings. The first-order valence-corrected chi connectivity index (χ1v) is 18.9. The minimum atomic E-state index is -0.0240. The van der Waals surface area contributed by atoms with Gasteiger partial charge in [0, 0.05) is 25.9 Å². The summed E-state index contributed by atoms with van der Waals surface area (Å²) in [7, 11) is 0. The van der Waals surface area contributed by atoms with Crippen LogP contribution < -0.4 is 5.73 Å². The van der Waals surface area contributed by atoms with Gasteiger partial charge in [0.05, 0.1) is 0 Å². The summed E-state index contributed by atoms with van der Waals surface area (Å²) >= 11 is 0. The van der Waals surface area contributed by atoms with Crippen molar-refractivity contribution in [2.24, 2.45) is 5.73 Å². The first-order valence-electron chi connectivity index (χ1n) is 18.9. The van der Waals surface area contributed by atoms with Gasteiger partial charge in [0.1, 0.15) is 0 Å². The van der Waals surface area contributed by atoms with Crippen molar-refractivity contribution in [2.75, 3.05) is 13.1 Å². The molecule has 0 rings (SSSR count). The van der Waals surface area contributed by atoms with Crippen LogP contribution in [0.5, 0.6) is 0 Å². The second-order valence-electron chi connectivity index (χ2n) is 12.8. The Balaban J connectivity index is 3.69. The smallest absolute Gasteiger partial charge is 0.229 e. The van der Waals surface area contributed by atoms with E-state index in [4.69, 9.17) is 5.73 Å². The first kappa shape index (κ1) is 40.8. The molecule has 0 unspecified atom stereocenters. The first-order chi connectivity index (χ1) is 20.7. The molecule has 0 aromatic carbocycles. The summed E-state index contributed by atoms with van der Waals surface area (Å²) in [5, 5.41) is 0. The Morgan fingerprint density at radius 1 is 0.452 bits per heavy atom. The molecule has 0 heterocycles. The zero-order chi connectivity index (χ0) is 30.8. The number of carbonyl (C=O) groups excluding carboxylic acids is 2. The summed E-state index contributed by atoms with van der Waals surface area (Å²) in [6.45, 7) is 5.26. The number of nitrogens with zero attached hydrogens (tertiary/aromatic N) is 1. The van der Waals surface area contributed by atoms with Crippen LogP contribution in [0.3, 0.4) is 0 Å². The minimum absolute atomic E-state index is 0.0205. The van der Waals surface area contributed by atoms with E-state index >= 15 is 0 Å². The molecule has 2 N–H and O–H groups in total. The Kier molecular flexibility index (Phi) is 33.4. The van der Waals surface area contributed by atoms with Gasteiger partial charge in [-0.2, -0.15) is 0 Å². The molecule has 0 atom stereocenters. The third-order valence-electron chi connectivity index (χ3n) is 8.60. The lowest BCUT2D eigenvalue weighted by atomic mass is 10.0. The van der Waals surface area contributed by atoms with Crippen LogP contribution in [0.1, 0.15) is 206 Å². The predicted molar refractivity (Wildman–Crippen MR) is 185 cm³/mol. The van der Waals surface area contributed by atoms with Crippen LogP contribution in [0.25, 0.3) is 0 Å². The van der Waals surface area contributed by atoms with Gasteiger partial charge >= 0.3 is 0 Å². The normalized spacial score (nSPS) is 11.5. The molecule has 42 heavy (non-hydrogen) atoms. The number of amides is 2. The summed E-state index contributed by atoms with van der Waals surface area (Å²) in [5.41, 5.74) is 5.72. The quantitative estimate of drug-likeness (QED) is 0.0610. The standard InChI is InChI=1S/C38H74N2O2/c1-3-5-7-9-11-13-15-17-19-21-23-25-27-29-31-33-37(41)40(36-35-39)38(42)34-32-30-28-26-24-22-20-18-16-14-12-10-8-6-4-2/h17,19H,3-16,18,20-36,39H2,1-2H3. The van der Waals surface area contributed by atoms with Gasteiger partial charge in [-0.05, 0) is 38.5 Å². The Labute approximate surface area is 263 Å². The monoisotopic (exact) mass is 591 g/mol. The molecule has 0 aromatic heterocycles. The zero-order valence-electron chi connectivity index (χ0n) is 28.6. The Morgan fingerprint density at radius 3 is 1.05 bits per heavy atom. The van der Waals surface area contributed by atoms with Gasteiger partial charge in [0.15, 0.2) is 0 Å². The number of imide groups is 1. The number of allylic oxidation sites excluding steroid dienone is 2. The van der Waals surface area contributed by atoms with Crippen molar-refractivity contribution in [2.45, 2.75) is 206 Å². The van der Waals surface area contributed by atoms with Crippen molar-refractivity contribution in [3.05, 3.63) is 12.2 Å². The van der Waals surface area contributed by atoms with Crippen LogP contribution >= 0.6 is 0 Å².